The predicted octanol–water partition coefficient (Wildman–Crippen LogP) is 2.99. The molecule has 90 valence electrons. The second-order valence-corrected chi connectivity index (χ2v) is 4.65. The Bertz CT molecular complexity index is 446. The fraction of sp³-hybridized carbons (Fsp3) is 0.400. The van der Waals surface area contributed by atoms with Crippen LogP contribution >= 0.6 is 0 Å². The van der Waals surface area contributed by atoms with Crippen molar-refractivity contribution in [2.75, 3.05) is 0 Å². The minimum absolute atomic E-state index is 0.212. The molecule has 1 aliphatic rings. The van der Waals surface area contributed by atoms with Gasteiger partial charge in [-0.2, -0.15) is 0 Å². The fourth-order valence-electron chi connectivity index (χ4n) is 2.42. The van der Waals surface area contributed by atoms with Crippen LogP contribution in [-0.2, 0) is 24.1 Å². The Labute approximate surface area is 102 Å². The van der Waals surface area contributed by atoms with Crippen LogP contribution in [0.5, 0.6) is 0 Å². The van der Waals surface area contributed by atoms with Gasteiger partial charge in [-0.05, 0) is 49.3 Å². The third-order valence-electron chi connectivity index (χ3n) is 3.39. The van der Waals surface area contributed by atoms with Gasteiger partial charge in [-0.3, -0.25) is 4.79 Å². The van der Waals surface area contributed by atoms with Crippen LogP contribution in [0, 0.1) is 5.92 Å². The van der Waals surface area contributed by atoms with Crippen LogP contribution in [0.4, 0.5) is 0 Å². The first-order chi connectivity index (χ1) is 8.20. The highest BCUT2D eigenvalue weighted by atomic mass is 16.4. The normalized spacial score (nSPS) is 18.5. The standard InChI is InChI=1S/C15H18O2/c1-2-3-4-5-11-6-7-12-9-14(15(16)17)10-13(12)8-11/h2-3,6-8,14H,4-5,9-10H2,1H3,(H,16,17)/b3-2+. The maximum Gasteiger partial charge on any atom is 0.307 e. The number of fused-ring (bicyclic) bond motifs is 1. The first-order valence-corrected chi connectivity index (χ1v) is 6.15. The van der Waals surface area contributed by atoms with Gasteiger partial charge in [-0.15, -0.1) is 0 Å². The first kappa shape index (κ1) is 11.9. The Morgan fingerprint density at radius 2 is 2.18 bits per heavy atom. The van der Waals surface area contributed by atoms with Gasteiger partial charge < -0.3 is 5.11 Å². The van der Waals surface area contributed by atoms with Crippen molar-refractivity contribution in [1.82, 2.24) is 0 Å². The lowest BCUT2D eigenvalue weighted by molar-refractivity contribution is -0.141. The molecule has 2 heteroatoms. The largest absolute Gasteiger partial charge is 0.481 e. The average molecular weight is 230 g/mol. The van der Waals surface area contributed by atoms with E-state index in [0.717, 1.165) is 12.8 Å². The summed E-state index contributed by atoms with van der Waals surface area (Å²) in [5, 5.41) is 9.02. The summed E-state index contributed by atoms with van der Waals surface area (Å²) in [6.45, 7) is 2.03. The predicted molar refractivity (Wildman–Crippen MR) is 68.1 cm³/mol. The fourth-order valence-corrected chi connectivity index (χ4v) is 2.42. The van der Waals surface area contributed by atoms with Crippen LogP contribution in [0.15, 0.2) is 30.4 Å². The Balaban J connectivity index is 2.07. The molecule has 1 aliphatic carbocycles. The minimum atomic E-state index is -0.670. The molecule has 0 saturated heterocycles. The molecule has 0 bridgehead atoms. The molecule has 0 heterocycles. The van der Waals surface area contributed by atoms with E-state index in [0.29, 0.717) is 12.8 Å². The maximum absolute atomic E-state index is 11.0. The molecule has 1 aromatic carbocycles. The summed E-state index contributed by atoms with van der Waals surface area (Å²) in [7, 11) is 0. The minimum Gasteiger partial charge on any atom is -0.481 e. The van der Waals surface area contributed by atoms with E-state index in [1.54, 1.807) is 0 Å². The highest BCUT2D eigenvalue weighted by Crippen LogP contribution is 2.28. The zero-order chi connectivity index (χ0) is 12.3. The lowest BCUT2D eigenvalue weighted by Crippen LogP contribution is -2.12. The van der Waals surface area contributed by atoms with Gasteiger partial charge in [0.25, 0.3) is 0 Å². The van der Waals surface area contributed by atoms with E-state index in [1.807, 2.05) is 6.92 Å². The summed E-state index contributed by atoms with van der Waals surface area (Å²) < 4.78 is 0. The van der Waals surface area contributed by atoms with Crippen molar-refractivity contribution in [3.8, 4) is 0 Å². The van der Waals surface area contributed by atoms with Gasteiger partial charge in [0.15, 0.2) is 0 Å². The number of aliphatic carboxylic acids is 1. The van der Waals surface area contributed by atoms with Gasteiger partial charge in [-0.25, -0.2) is 0 Å². The Hall–Kier alpha value is -1.57. The third-order valence-corrected chi connectivity index (χ3v) is 3.39. The Morgan fingerprint density at radius 1 is 1.41 bits per heavy atom. The van der Waals surface area contributed by atoms with Gasteiger partial charge in [-0.1, -0.05) is 30.4 Å². The molecule has 1 aromatic rings. The molecule has 0 saturated carbocycles. The van der Waals surface area contributed by atoms with Crippen LogP contribution in [0.3, 0.4) is 0 Å². The third kappa shape index (κ3) is 2.76. The number of carbonyl (C=O) groups is 1. The molecule has 0 spiro atoms. The van der Waals surface area contributed by atoms with E-state index in [2.05, 4.69) is 30.4 Å². The van der Waals surface area contributed by atoms with E-state index in [1.165, 1.54) is 16.7 Å². The molecule has 1 N–H and O–H groups in total. The Morgan fingerprint density at radius 3 is 2.88 bits per heavy atom. The summed E-state index contributed by atoms with van der Waals surface area (Å²) in [4.78, 5) is 11.0. The number of aryl methyl sites for hydroxylation is 1. The van der Waals surface area contributed by atoms with Crippen molar-refractivity contribution >= 4 is 5.97 Å². The van der Waals surface area contributed by atoms with Crippen molar-refractivity contribution in [3.63, 3.8) is 0 Å². The first-order valence-electron chi connectivity index (χ1n) is 6.15. The summed E-state index contributed by atoms with van der Waals surface area (Å²) >= 11 is 0. The van der Waals surface area contributed by atoms with Crippen molar-refractivity contribution in [2.24, 2.45) is 5.92 Å². The van der Waals surface area contributed by atoms with Crippen LogP contribution in [0.2, 0.25) is 0 Å². The summed E-state index contributed by atoms with van der Waals surface area (Å²) in [6, 6.07) is 6.41. The highest BCUT2D eigenvalue weighted by molar-refractivity contribution is 5.72. The number of hydrogen-bond donors (Lipinski definition) is 1. The van der Waals surface area contributed by atoms with Gasteiger partial charge in [0, 0.05) is 0 Å². The molecule has 1 atom stereocenters. The van der Waals surface area contributed by atoms with E-state index < -0.39 is 5.97 Å². The van der Waals surface area contributed by atoms with E-state index >= 15 is 0 Å². The maximum atomic E-state index is 11.0. The number of carboxylic acids is 1. The smallest absolute Gasteiger partial charge is 0.307 e. The molecule has 17 heavy (non-hydrogen) atoms. The number of benzene rings is 1. The van der Waals surface area contributed by atoms with Gasteiger partial charge >= 0.3 is 5.97 Å². The molecule has 0 aliphatic heterocycles. The zero-order valence-corrected chi connectivity index (χ0v) is 10.1. The van der Waals surface area contributed by atoms with Crippen LogP contribution < -0.4 is 0 Å². The van der Waals surface area contributed by atoms with E-state index in [4.69, 9.17) is 5.11 Å². The number of hydrogen-bond acceptors (Lipinski definition) is 1. The summed E-state index contributed by atoms with van der Waals surface area (Å²) in [5.74, 6) is -0.882. The van der Waals surface area contributed by atoms with Gasteiger partial charge in [0.2, 0.25) is 0 Å². The second-order valence-electron chi connectivity index (χ2n) is 4.65. The van der Waals surface area contributed by atoms with Crippen LogP contribution in [0.25, 0.3) is 0 Å². The van der Waals surface area contributed by atoms with Crippen LogP contribution in [-0.4, -0.2) is 11.1 Å². The molecule has 0 aromatic heterocycles. The lowest BCUT2D eigenvalue weighted by Gasteiger charge is -2.03. The Kier molecular flexibility index (Phi) is 3.62. The molecule has 2 rings (SSSR count). The number of carboxylic acid groups (broad SMARTS) is 1. The quantitative estimate of drug-likeness (QED) is 0.807. The topological polar surface area (TPSA) is 37.3 Å². The highest BCUT2D eigenvalue weighted by Gasteiger charge is 2.26. The molecule has 2 nitrogen and oxygen atoms in total. The molecule has 0 amide bonds. The molecule has 0 radical (unpaired) electrons. The molecular formula is C15H18O2. The van der Waals surface area contributed by atoms with Gasteiger partial charge in [0.1, 0.15) is 0 Å². The molecule has 0 fully saturated rings. The van der Waals surface area contributed by atoms with Crippen LogP contribution in [0.1, 0.15) is 30.0 Å². The molecular weight excluding hydrogens is 212 g/mol. The lowest BCUT2D eigenvalue weighted by atomic mass is 10.0. The summed E-state index contributed by atoms with van der Waals surface area (Å²) in [5.41, 5.74) is 3.76. The van der Waals surface area contributed by atoms with E-state index in [9.17, 15) is 4.79 Å². The SMILES string of the molecule is C/C=C/CCc1ccc2c(c1)CC(C(=O)O)C2. The van der Waals surface area contributed by atoms with E-state index in [-0.39, 0.29) is 5.92 Å². The zero-order valence-electron chi connectivity index (χ0n) is 10.1. The number of rotatable bonds is 4. The molecule has 1 unspecified atom stereocenters. The van der Waals surface area contributed by atoms with Crippen molar-refractivity contribution in [1.29, 1.82) is 0 Å². The van der Waals surface area contributed by atoms with Crippen molar-refractivity contribution in [2.45, 2.75) is 32.6 Å². The average Bonchev–Trinajstić information content (AvgIpc) is 2.72. The monoisotopic (exact) mass is 230 g/mol. The van der Waals surface area contributed by atoms with Crippen molar-refractivity contribution < 1.29 is 9.90 Å². The summed E-state index contributed by atoms with van der Waals surface area (Å²) in [6.07, 6.45) is 7.70. The second kappa shape index (κ2) is 5.17. The van der Waals surface area contributed by atoms with Crippen molar-refractivity contribution in [3.05, 3.63) is 47.0 Å². The number of allylic oxidation sites excluding steroid dienone is 2. The van der Waals surface area contributed by atoms with Gasteiger partial charge in [0.05, 0.1) is 5.92 Å².